The van der Waals surface area contributed by atoms with E-state index in [1.165, 1.54) is 23.0 Å². The smallest absolute Gasteiger partial charge is 0.115 e. The Morgan fingerprint density at radius 1 is 1.18 bits per heavy atom. The van der Waals surface area contributed by atoms with E-state index in [2.05, 4.69) is 42.0 Å². The van der Waals surface area contributed by atoms with Gasteiger partial charge in [0.15, 0.2) is 0 Å². The number of nitrogens with zero attached hydrogens (tertiary/aromatic N) is 2. The zero-order valence-corrected chi connectivity index (χ0v) is 10.2. The number of aryl methyl sites for hydroxylation is 2. The number of hydrogen-bond acceptors (Lipinski definition) is 3. The van der Waals surface area contributed by atoms with E-state index in [4.69, 9.17) is 5.73 Å². The molecule has 1 atom stereocenters. The number of nitrogens with two attached hydrogens (primary N) is 1. The Kier molecular flexibility index (Phi) is 3.49. The van der Waals surface area contributed by atoms with Crippen LogP contribution in [-0.2, 0) is 6.42 Å². The summed E-state index contributed by atoms with van der Waals surface area (Å²) in [6.07, 6.45) is 5.90. The molecule has 0 spiro atoms. The van der Waals surface area contributed by atoms with E-state index in [0.717, 1.165) is 12.0 Å². The molecule has 88 valence electrons. The number of hydrogen-bond donors (Lipinski definition) is 1. The van der Waals surface area contributed by atoms with Crippen molar-refractivity contribution in [3.63, 3.8) is 0 Å². The van der Waals surface area contributed by atoms with Crippen molar-refractivity contribution in [2.24, 2.45) is 5.73 Å². The van der Waals surface area contributed by atoms with Crippen LogP contribution in [0, 0.1) is 13.8 Å². The van der Waals surface area contributed by atoms with Crippen LogP contribution in [0.3, 0.4) is 0 Å². The molecule has 1 unspecified atom stereocenters. The van der Waals surface area contributed by atoms with Gasteiger partial charge in [0.1, 0.15) is 6.33 Å². The second-order valence-electron chi connectivity index (χ2n) is 4.41. The molecule has 1 aromatic carbocycles. The molecule has 0 aliphatic carbocycles. The van der Waals surface area contributed by atoms with Crippen LogP contribution in [0.25, 0.3) is 0 Å². The third kappa shape index (κ3) is 2.88. The van der Waals surface area contributed by atoms with Gasteiger partial charge in [-0.1, -0.05) is 23.8 Å². The van der Waals surface area contributed by atoms with Gasteiger partial charge in [-0.05, 0) is 31.4 Å². The first-order valence-corrected chi connectivity index (χ1v) is 5.73. The predicted octanol–water partition coefficient (Wildman–Crippen LogP) is 2.34. The van der Waals surface area contributed by atoms with Crippen molar-refractivity contribution >= 4 is 0 Å². The zero-order chi connectivity index (χ0) is 12.3. The highest BCUT2D eigenvalue weighted by Gasteiger charge is 2.09. The molecule has 1 aromatic heterocycles. The van der Waals surface area contributed by atoms with Crippen molar-refractivity contribution in [2.75, 3.05) is 0 Å². The van der Waals surface area contributed by atoms with Crippen LogP contribution in [0.4, 0.5) is 0 Å². The topological polar surface area (TPSA) is 51.8 Å². The normalized spacial score (nSPS) is 12.4. The third-order valence-corrected chi connectivity index (χ3v) is 2.95. The number of benzene rings is 1. The zero-order valence-electron chi connectivity index (χ0n) is 10.2. The molecule has 0 bridgehead atoms. The van der Waals surface area contributed by atoms with E-state index in [1.807, 2.05) is 0 Å². The number of rotatable bonds is 3. The van der Waals surface area contributed by atoms with Crippen molar-refractivity contribution in [3.8, 4) is 0 Å². The van der Waals surface area contributed by atoms with Crippen LogP contribution in [0.15, 0.2) is 36.9 Å². The highest BCUT2D eigenvalue weighted by atomic mass is 14.8. The van der Waals surface area contributed by atoms with Gasteiger partial charge in [0, 0.05) is 24.0 Å². The fourth-order valence-corrected chi connectivity index (χ4v) is 1.88. The summed E-state index contributed by atoms with van der Waals surface area (Å²) in [6, 6.07) is 6.41. The lowest BCUT2D eigenvalue weighted by molar-refractivity contribution is 0.709. The summed E-state index contributed by atoms with van der Waals surface area (Å²) in [7, 11) is 0. The summed E-state index contributed by atoms with van der Waals surface area (Å²) in [4.78, 5) is 7.99. The van der Waals surface area contributed by atoms with Crippen molar-refractivity contribution in [1.82, 2.24) is 9.97 Å². The Balaban J connectivity index is 2.18. The minimum atomic E-state index is -0.0447. The Morgan fingerprint density at radius 2 is 1.88 bits per heavy atom. The van der Waals surface area contributed by atoms with Crippen molar-refractivity contribution in [3.05, 3.63) is 59.2 Å². The Hall–Kier alpha value is -1.74. The molecule has 0 saturated heterocycles. The minimum Gasteiger partial charge on any atom is -0.324 e. The van der Waals surface area contributed by atoms with Crippen LogP contribution < -0.4 is 5.73 Å². The van der Waals surface area contributed by atoms with Gasteiger partial charge < -0.3 is 5.73 Å². The summed E-state index contributed by atoms with van der Waals surface area (Å²) in [6.45, 7) is 4.21. The molecule has 3 nitrogen and oxygen atoms in total. The Bertz CT molecular complexity index is 494. The fraction of sp³-hybridized carbons (Fsp3) is 0.286. The second kappa shape index (κ2) is 5.06. The van der Waals surface area contributed by atoms with Gasteiger partial charge in [-0.15, -0.1) is 0 Å². The maximum atomic E-state index is 6.17. The molecular weight excluding hydrogens is 210 g/mol. The van der Waals surface area contributed by atoms with E-state index in [-0.39, 0.29) is 6.04 Å². The molecule has 0 aliphatic heterocycles. The molecule has 2 rings (SSSR count). The standard InChI is InChI=1S/C14H17N3/c1-10-3-4-11(2)12(5-10)6-14(15)13-7-16-9-17-8-13/h3-5,7-9,14H,6,15H2,1-2H3. The quantitative estimate of drug-likeness (QED) is 0.875. The van der Waals surface area contributed by atoms with Crippen LogP contribution in [0.5, 0.6) is 0 Å². The van der Waals surface area contributed by atoms with Crippen molar-refractivity contribution in [2.45, 2.75) is 26.3 Å². The molecule has 17 heavy (non-hydrogen) atoms. The van der Waals surface area contributed by atoms with Gasteiger partial charge in [0.05, 0.1) is 0 Å². The van der Waals surface area contributed by atoms with Crippen LogP contribution >= 0.6 is 0 Å². The SMILES string of the molecule is Cc1ccc(C)c(CC(N)c2cncnc2)c1. The molecule has 0 fully saturated rings. The third-order valence-electron chi connectivity index (χ3n) is 2.95. The molecule has 3 heteroatoms. The average Bonchev–Trinajstić information content (AvgIpc) is 2.35. The highest BCUT2D eigenvalue weighted by molar-refractivity contribution is 5.32. The van der Waals surface area contributed by atoms with Gasteiger partial charge in [-0.3, -0.25) is 0 Å². The van der Waals surface area contributed by atoms with Crippen LogP contribution in [0.1, 0.15) is 28.3 Å². The summed E-state index contributed by atoms with van der Waals surface area (Å²) in [5, 5.41) is 0. The molecule has 0 aliphatic rings. The summed E-state index contributed by atoms with van der Waals surface area (Å²) in [5.41, 5.74) is 11.0. The Morgan fingerprint density at radius 3 is 2.59 bits per heavy atom. The van der Waals surface area contributed by atoms with Crippen LogP contribution in [-0.4, -0.2) is 9.97 Å². The number of aromatic nitrogens is 2. The Labute approximate surface area is 102 Å². The maximum absolute atomic E-state index is 6.17. The minimum absolute atomic E-state index is 0.0447. The molecule has 0 radical (unpaired) electrons. The van der Waals surface area contributed by atoms with Gasteiger partial charge in [0.25, 0.3) is 0 Å². The first-order chi connectivity index (χ1) is 8.16. The predicted molar refractivity (Wildman–Crippen MR) is 68.6 cm³/mol. The lowest BCUT2D eigenvalue weighted by Gasteiger charge is -2.13. The van der Waals surface area contributed by atoms with Gasteiger partial charge in [0.2, 0.25) is 0 Å². The highest BCUT2D eigenvalue weighted by Crippen LogP contribution is 2.18. The first kappa shape index (κ1) is 11.7. The summed E-state index contributed by atoms with van der Waals surface area (Å²) < 4.78 is 0. The monoisotopic (exact) mass is 227 g/mol. The average molecular weight is 227 g/mol. The van der Waals surface area contributed by atoms with Crippen molar-refractivity contribution < 1.29 is 0 Å². The summed E-state index contributed by atoms with van der Waals surface area (Å²) in [5.74, 6) is 0. The van der Waals surface area contributed by atoms with E-state index in [1.54, 1.807) is 12.4 Å². The first-order valence-electron chi connectivity index (χ1n) is 5.73. The molecular formula is C14H17N3. The van der Waals surface area contributed by atoms with Gasteiger partial charge in [-0.2, -0.15) is 0 Å². The lowest BCUT2D eigenvalue weighted by Crippen LogP contribution is -2.14. The lowest BCUT2D eigenvalue weighted by atomic mass is 9.97. The van der Waals surface area contributed by atoms with E-state index >= 15 is 0 Å². The molecule has 1 heterocycles. The maximum Gasteiger partial charge on any atom is 0.115 e. The van der Waals surface area contributed by atoms with E-state index in [9.17, 15) is 0 Å². The van der Waals surface area contributed by atoms with E-state index < -0.39 is 0 Å². The van der Waals surface area contributed by atoms with Gasteiger partial charge >= 0.3 is 0 Å². The molecule has 2 N–H and O–H groups in total. The second-order valence-corrected chi connectivity index (χ2v) is 4.41. The summed E-state index contributed by atoms with van der Waals surface area (Å²) >= 11 is 0. The fourth-order valence-electron chi connectivity index (χ4n) is 1.88. The molecule has 0 saturated carbocycles. The largest absolute Gasteiger partial charge is 0.324 e. The van der Waals surface area contributed by atoms with E-state index in [0.29, 0.717) is 0 Å². The van der Waals surface area contributed by atoms with Crippen molar-refractivity contribution in [1.29, 1.82) is 0 Å². The van der Waals surface area contributed by atoms with Crippen LogP contribution in [0.2, 0.25) is 0 Å². The molecule has 2 aromatic rings. The van der Waals surface area contributed by atoms with Gasteiger partial charge in [-0.25, -0.2) is 9.97 Å². The molecule has 0 amide bonds.